The van der Waals surface area contributed by atoms with Crippen molar-refractivity contribution in [3.8, 4) is 5.75 Å². The second kappa shape index (κ2) is 9.49. The third-order valence-corrected chi connectivity index (χ3v) is 4.82. The number of aryl methyl sites for hydroxylation is 2. The van der Waals surface area contributed by atoms with Gasteiger partial charge in [0, 0.05) is 13.6 Å². The van der Waals surface area contributed by atoms with Crippen LogP contribution in [-0.2, 0) is 20.0 Å². The number of nitrogens with zero attached hydrogens (tertiary/aromatic N) is 2. The summed E-state index contributed by atoms with van der Waals surface area (Å²) in [5, 5.41) is 8.28. The Morgan fingerprint density at radius 2 is 1.88 bits per heavy atom. The van der Waals surface area contributed by atoms with Gasteiger partial charge in [-0.1, -0.05) is 55.1 Å². The van der Waals surface area contributed by atoms with Crippen LogP contribution in [-0.4, -0.2) is 22.3 Å². The van der Waals surface area contributed by atoms with E-state index in [0.717, 1.165) is 18.4 Å². The molecule has 0 spiro atoms. The van der Waals surface area contributed by atoms with Crippen LogP contribution in [0.1, 0.15) is 48.4 Å². The quantitative estimate of drug-likeness (QED) is 0.610. The minimum atomic E-state index is -0.305. The van der Waals surface area contributed by atoms with E-state index in [1.807, 2.05) is 6.92 Å². The lowest BCUT2D eigenvalue weighted by Crippen LogP contribution is -2.25. The summed E-state index contributed by atoms with van der Waals surface area (Å²) in [6.45, 7) is 4.83. The zero-order chi connectivity index (χ0) is 19.3. The molecular formula is C18H22Cl3N3O2. The highest BCUT2D eigenvalue weighted by atomic mass is 35.5. The number of halogens is 3. The fourth-order valence-electron chi connectivity index (χ4n) is 2.46. The molecule has 1 heterocycles. The Morgan fingerprint density at radius 3 is 2.42 bits per heavy atom. The van der Waals surface area contributed by atoms with Crippen molar-refractivity contribution in [1.29, 1.82) is 0 Å². The average molecular weight is 419 g/mol. The van der Waals surface area contributed by atoms with Crippen LogP contribution in [0, 0.1) is 0 Å². The zero-order valence-corrected chi connectivity index (χ0v) is 17.3. The molecule has 26 heavy (non-hydrogen) atoms. The number of amides is 1. The van der Waals surface area contributed by atoms with Gasteiger partial charge in [0.2, 0.25) is 0 Å². The molecule has 2 rings (SSSR count). The number of benzene rings is 1. The molecule has 0 unspecified atom stereocenters. The molecule has 0 aliphatic heterocycles. The Balaban J connectivity index is 2.08. The molecule has 0 saturated carbocycles. The number of carbonyl (C=O) groups is 1. The van der Waals surface area contributed by atoms with E-state index in [-0.39, 0.29) is 12.5 Å². The monoisotopic (exact) mass is 417 g/mol. The fraction of sp³-hybridized carbons (Fsp3) is 0.444. The van der Waals surface area contributed by atoms with Gasteiger partial charge in [-0.25, -0.2) is 0 Å². The summed E-state index contributed by atoms with van der Waals surface area (Å²) in [5.74, 6) is 0.166. The van der Waals surface area contributed by atoms with Crippen molar-refractivity contribution in [2.45, 2.75) is 39.7 Å². The number of aromatic nitrogens is 2. The van der Waals surface area contributed by atoms with Gasteiger partial charge in [-0.3, -0.25) is 9.48 Å². The summed E-state index contributed by atoms with van der Waals surface area (Å²) in [4.78, 5) is 12.5. The summed E-state index contributed by atoms with van der Waals surface area (Å²) in [6, 6.07) is 3.47. The van der Waals surface area contributed by atoms with Crippen molar-refractivity contribution in [1.82, 2.24) is 15.1 Å². The number of hydrogen-bond acceptors (Lipinski definition) is 3. The predicted octanol–water partition coefficient (Wildman–Crippen LogP) is 5.05. The summed E-state index contributed by atoms with van der Waals surface area (Å²) in [6.07, 6.45) is 2.61. The molecule has 0 atom stereocenters. The normalized spacial score (nSPS) is 10.8. The van der Waals surface area contributed by atoms with Gasteiger partial charge < -0.3 is 10.1 Å². The molecule has 1 aromatic heterocycles. The van der Waals surface area contributed by atoms with Crippen molar-refractivity contribution >= 4 is 40.7 Å². The van der Waals surface area contributed by atoms with Crippen LogP contribution in [0.25, 0.3) is 0 Å². The van der Waals surface area contributed by atoms with E-state index in [2.05, 4.69) is 17.3 Å². The van der Waals surface area contributed by atoms with E-state index in [0.29, 0.717) is 45.2 Å². The van der Waals surface area contributed by atoms with Crippen LogP contribution in [0.15, 0.2) is 12.1 Å². The van der Waals surface area contributed by atoms with Gasteiger partial charge in [0.05, 0.1) is 27.4 Å². The van der Waals surface area contributed by atoms with Crippen molar-refractivity contribution in [2.24, 2.45) is 7.05 Å². The molecule has 2 aromatic rings. The van der Waals surface area contributed by atoms with E-state index >= 15 is 0 Å². The number of hydrogen-bond donors (Lipinski definition) is 1. The topological polar surface area (TPSA) is 56.1 Å². The number of nitrogens with one attached hydrogen (secondary N) is 1. The van der Waals surface area contributed by atoms with Gasteiger partial charge in [0.1, 0.15) is 5.69 Å². The molecule has 1 amide bonds. The van der Waals surface area contributed by atoms with E-state index in [4.69, 9.17) is 39.5 Å². The predicted molar refractivity (Wildman–Crippen MR) is 106 cm³/mol. The van der Waals surface area contributed by atoms with Crippen molar-refractivity contribution in [3.63, 3.8) is 0 Å². The summed E-state index contributed by atoms with van der Waals surface area (Å²) in [7, 11) is 1.69. The Bertz CT molecular complexity index is 767. The Morgan fingerprint density at radius 1 is 1.23 bits per heavy atom. The third kappa shape index (κ3) is 4.84. The summed E-state index contributed by atoms with van der Waals surface area (Å²) < 4.78 is 7.11. The average Bonchev–Trinajstić information content (AvgIpc) is 2.89. The molecule has 0 aliphatic rings. The second-order valence-corrected chi connectivity index (χ2v) is 7.05. The van der Waals surface area contributed by atoms with Crippen LogP contribution in [0.2, 0.25) is 15.1 Å². The second-order valence-electron chi connectivity index (χ2n) is 5.86. The standard InChI is InChI=1S/C18H22Cl3N3O2/c1-4-6-7-26-17-12(19)8-11(9-13(17)20)10-22-18(25)16-15(21)14(5-2)23-24(16)3/h8-9H,4-7,10H2,1-3H3,(H,22,25). The first kappa shape index (κ1) is 20.9. The molecule has 5 nitrogen and oxygen atoms in total. The van der Waals surface area contributed by atoms with Crippen LogP contribution < -0.4 is 10.1 Å². The molecule has 142 valence electrons. The lowest BCUT2D eigenvalue weighted by molar-refractivity contribution is 0.0941. The van der Waals surface area contributed by atoms with Gasteiger partial charge in [-0.05, 0) is 30.5 Å². The molecule has 0 saturated heterocycles. The minimum absolute atomic E-state index is 0.260. The van der Waals surface area contributed by atoms with E-state index in [1.165, 1.54) is 4.68 Å². The number of rotatable bonds is 8. The molecule has 0 bridgehead atoms. The first-order valence-corrected chi connectivity index (χ1v) is 9.62. The van der Waals surface area contributed by atoms with Gasteiger partial charge in [0.25, 0.3) is 5.91 Å². The molecule has 1 aromatic carbocycles. The molecule has 8 heteroatoms. The first-order valence-electron chi connectivity index (χ1n) is 8.49. The fourth-order valence-corrected chi connectivity index (χ4v) is 3.48. The minimum Gasteiger partial charge on any atom is -0.490 e. The summed E-state index contributed by atoms with van der Waals surface area (Å²) in [5.41, 5.74) is 1.80. The third-order valence-electron chi connectivity index (χ3n) is 3.86. The van der Waals surface area contributed by atoms with Crippen molar-refractivity contribution in [3.05, 3.63) is 44.2 Å². The van der Waals surface area contributed by atoms with Crippen LogP contribution in [0.4, 0.5) is 0 Å². The highest BCUT2D eigenvalue weighted by Gasteiger charge is 2.20. The zero-order valence-electron chi connectivity index (χ0n) is 15.0. The number of unbranched alkanes of at least 4 members (excludes halogenated alkanes) is 1. The van der Waals surface area contributed by atoms with Crippen molar-refractivity contribution < 1.29 is 9.53 Å². The maximum absolute atomic E-state index is 12.5. The Kier molecular flexibility index (Phi) is 7.62. The van der Waals surface area contributed by atoms with E-state index < -0.39 is 0 Å². The molecule has 0 aliphatic carbocycles. The maximum atomic E-state index is 12.5. The lowest BCUT2D eigenvalue weighted by Gasteiger charge is -2.12. The Labute approximate surface area is 168 Å². The van der Waals surface area contributed by atoms with Gasteiger partial charge in [0.15, 0.2) is 5.75 Å². The lowest BCUT2D eigenvalue weighted by atomic mass is 10.2. The SMILES string of the molecule is CCCCOc1c(Cl)cc(CNC(=O)c2c(Cl)c(CC)nn2C)cc1Cl. The van der Waals surface area contributed by atoms with Crippen LogP contribution >= 0.6 is 34.8 Å². The van der Waals surface area contributed by atoms with Gasteiger partial charge >= 0.3 is 0 Å². The Hall–Kier alpha value is -1.43. The van der Waals surface area contributed by atoms with E-state index in [1.54, 1.807) is 19.2 Å². The highest BCUT2D eigenvalue weighted by molar-refractivity contribution is 6.37. The number of carbonyl (C=O) groups excluding carboxylic acids is 1. The van der Waals surface area contributed by atoms with Gasteiger partial charge in [-0.15, -0.1) is 0 Å². The molecule has 1 N–H and O–H groups in total. The molecule has 0 fully saturated rings. The van der Waals surface area contributed by atoms with Crippen molar-refractivity contribution in [2.75, 3.05) is 6.61 Å². The largest absolute Gasteiger partial charge is 0.490 e. The van der Waals surface area contributed by atoms with E-state index in [9.17, 15) is 4.79 Å². The molecule has 0 radical (unpaired) electrons. The number of ether oxygens (including phenoxy) is 1. The summed E-state index contributed by atoms with van der Waals surface area (Å²) >= 11 is 18.8. The van der Waals surface area contributed by atoms with Gasteiger partial charge in [-0.2, -0.15) is 5.10 Å². The molecular weight excluding hydrogens is 397 g/mol. The van der Waals surface area contributed by atoms with Crippen LogP contribution in [0.3, 0.4) is 0 Å². The first-order chi connectivity index (χ1) is 12.4. The highest BCUT2D eigenvalue weighted by Crippen LogP contribution is 2.34. The van der Waals surface area contributed by atoms with Crippen LogP contribution in [0.5, 0.6) is 5.75 Å². The smallest absolute Gasteiger partial charge is 0.271 e. The maximum Gasteiger partial charge on any atom is 0.271 e.